The van der Waals surface area contributed by atoms with Crippen LogP contribution in [-0.4, -0.2) is 9.91 Å². The Hall–Kier alpha value is -1.02. The minimum absolute atomic E-state index is 0.0481. The van der Waals surface area contributed by atoms with Gasteiger partial charge in [0.2, 0.25) is 0 Å². The molecule has 0 unspecified atom stereocenters. The Labute approximate surface area is 133 Å². The van der Waals surface area contributed by atoms with E-state index < -0.39 is 10.7 Å². The van der Waals surface area contributed by atoms with E-state index in [0.717, 1.165) is 0 Å². The van der Waals surface area contributed by atoms with Crippen molar-refractivity contribution >= 4 is 50.8 Å². The number of aromatic nitrogens is 1. The summed E-state index contributed by atoms with van der Waals surface area (Å²) in [5.41, 5.74) is 0.611. The number of nitro groups is 1. The van der Waals surface area contributed by atoms with Gasteiger partial charge in [-0.2, -0.15) is 0 Å². The van der Waals surface area contributed by atoms with Gasteiger partial charge in [-0.15, -0.1) is 0 Å². The molecule has 0 amide bonds. The van der Waals surface area contributed by atoms with E-state index in [2.05, 4.69) is 4.98 Å². The molecule has 0 spiro atoms. The predicted molar refractivity (Wildman–Crippen MR) is 84.6 cm³/mol. The number of fused-ring (bicyclic) bond motifs is 1. The van der Waals surface area contributed by atoms with E-state index >= 15 is 0 Å². The van der Waals surface area contributed by atoms with Crippen LogP contribution in [0.5, 0.6) is 0 Å². The molecule has 0 aliphatic heterocycles. The zero-order valence-electron chi connectivity index (χ0n) is 10.8. The first-order valence-electron chi connectivity index (χ1n) is 5.92. The number of hydrogen-bond acceptors (Lipinski definition) is 3. The number of rotatable bonds is 3. The second-order valence-corrected chi connectivity index (χ2v) is 6.40. The maximum Gasteiger partial charge on any atom is 0.309 e. The monoisotopic (exact) mass is 408 g/mol. The highest BCUT2D eigenvalue weighted by molar-refractivity contribution is 14.1. The van der Waals surface area contributed by atoms with E-state index in [4.69, 9.17) is 11.6 Å². The van der Waals surface area contributed by atoms with E-state index in [0.29, 0.717) is 21.2 Å². The molecule has 1 heterocycles. The van der Waals surface area contributed by atoms with Crippen molar-refractivity contribution in [2.75, 3.05) is 0 Å². The Kier molecular flexibility index (Phi) is 4.43. The van der Waals surface area contributed by atoms with Gasteiger partial charge in [-0.25, -0.2) is 9.37 Å². The highest BCUT2D eigenvalue weighted by Gasteiger charge is 2.25. The lowest BCUT2D eigenvalue weighted by molar-refractivity contribution is -0.385. The zero-order chi connectivity index (χ0) is 15.0. The highest BCUT2D eigenvalue weighted by Crippen LogP contribution is 2.37. The quantitative estimate of drug-likeness (QED) is 0.419. The van der Waals surface area contributed by atoms with Gasteiger partial charge in [0.15, 0.2) is 0 Å². The SMILES string of the molecule is CC(C)Cc1nc2c(I)cc(F)cc2c(Cl)c1[N+](=O)[O-]. The molecule has 0 atom stereocenters. The van der Waals surface area contributed by atoms with E-state index in [1.54, 1.807) is 0 Å². The first-order valence-corrected chi connectivity index (χ1v) is 7.38. The molecule has 0 radical (unpaired) electrons. The summed E-state index contributed by atoms with van der Waals surface area (Å²) >= 11 is 8.07. The first-order chi connectivity index (χ1) is 9.31. The molecule has 2 rings (SSSR count). The van der Waals surface area contributed by atoms with E-state index in [1.807, 2.05) is 36.4 Å². The molecule has 0 saturated carbocycles. The van der Waals surface area contributed by atoms with Gasteiger partial charge in [0.25, 0.3) is 0 Å². The third kappa shape index (κ3) is 2.85. The smallest absolute Gasteiger partial charge is 0.258 e. The number of benzene rings is 1. The normalized spacial score (nSPS) is 11.3. The standard InChI is InChI=1S/C13H11ClFIN2O2/c1-6(2)3-10-13(18(19)20)11(14)8-4-7(15)5-9(16)12(8)17-10/h4-6H,3H2,1-2H3. The Morgan fingerprint density at radius 1 is 1.50 bits per heavy atom. The van der Waals surface area contributed by atoms with Crippen molar-refractivity contribution in [2.45, 2.75) is 20.3 Å². The molecule has 0 saturated heterocycles. The molecule has 0 aliphatic carbocycles. The summed E-state index contributed by atoms with van der Waals surface area (Å²) in [6, 6.07) is 2.51. The van der Waals surface area contributed by atoms with Crippen molar-refractivity contribution in [1.82, 2.24) is 4.98 Å². The summed E-state index contributed by atoms with van der Waals surface area (Å²) < 4.78 is 14.0. The number of halogens is 3. The molecular weight excluding hydrogens is 398 g/mol. The molecule has 4 nitrogen and oxygen atoms in total. The maximum absolute atomic E-state index is 13.5. The molecular formula is C13H11ClFIN2O2. The van der Waals surface area contributed by atoms with Crippen molar-refractivity contribution in [3.63, 3.8) is 0 Å². The van der Waals surface area contributed by atoms with Crippen LogP contribution in [0, 0.1) is 25.4 Å². The van der Waals surface area contributed by atoms with Crippen LogP contribution in [-0.2, 0) is 6.42 Å². The average molecular weight is 409 g/mol. The molecule has 0 aliphatic rings. The molecule has 1 aromatic heterocycles. The molecule has 0 bridgehead atoms. The van der Waals surface area contributed by atoms with Gasteiger partial charge in [-0.1, -0.05) is 25.4 Å². The minimum atomic E-state index is -0.551. The van der Waals surface area contributed by atoms with Gasteiger partial charge in [-0.3, -0.25) is 10.1 Å². The third-order valence-corrected chi connectivity index (χ3v) is 3.98. The van der Waals surface area contributed by atoms with E-state index in [9.17, 15) is 14.5 Å². The van der Waals surface area contributed by atoms with Crippen molar-refractivity contribution < 1.29 is 9.31 Å². The summed E-state index contributed by atoms with van der Waals surface area (Å²) in [5, 5.41) is 11.4. The van der Waals surface area contributed by atoms with Gasteiger partial charge in [-0.05, 0) is 47.1 Å². The topological polar surface area (TPSA) is 56.0 Å². The van der Waals surface area contributed by atoms with E-state index in [-0.39, 0.29) is 22.0 Å². The van der Waals surface area contributed by atoms with Gasteiger partial charge >= 0.3 is 5.69 Å². The molecule has 106 valence electrons. The van der Waals surface area contributed by atoms with E-state index in [1.165, 1.54) is 12.1 Å². The lowest BCUT2D eigenvalue weighted by Gasteiger charge is -2.10. The number of pyridine rings is 1. The third-order valence-electron chi connectivity index (χ3n) is 2.78. The van der Waals surface area contributed by atoms with Gasteiger partial charge in [0.1, 0.15) is 16.5 Å². The Balaban J connectivity index is 2.85. The predicted octanol–water partition coefficient (Wildman–Crippen LogP) is 4.74. The van der Waals surface area contributed by atoms with Crippen LogP contribution >= 0.6 is 34.2 Å². The van der Waals surface area contributed by atoms with Crippen molar-refractivity contribution in [3.8, 4) is 0 Å². The summed E-state index contributed by atoms with van der Waals surface area (Å²) in [7, 11) is 0. The lowest BCUT2D eigenvalue weighted by Crippen LogP contribution is -2.05. The van der Waals surface area contributed by atoms with Crippen molar-refractivity contribution in [2.24, 2.45) is 5.92 Å². The van der Waals surface area contributed by atoms with Crippen LogP contribution in [0.15, 0.2) is 12.1 Å². The summed E-state index contributed by atoms with van der Waals surface area (Å²) in [4.78, 5) is 15.0. The largest absolute Gasteiger partial charge is 0.309 e. The molecule has 1 aromatic carbocycles. The Morgan fingerprint density at radius 2 is 2.15 bits per heavy atom. The average Bonchev–Trinajstić information content (AvgIpc) is 2.29. The Morgan fingerprint density at radius 3 is 2.70 bits per heavy atom. The maximum atomic E-state index is 13.5. The fourth-order valence-electron chi connectivity index (χ4n) is 2.00. The molecule has 0 N–H and O–H groups in total. The molecule has 0 fully saturated rings. The Bertz CT molecular complexity index is 707. The van der Waals surface area contributed by atoms with Crippen molar-refractivity contribution in [3.05, 3.63) is 42.4 Å². The van der Waals surface area contributed by atoms with Crippen LogP contribution in [0.25, 0.3) is 10.9 Å². The van der Waals surface area contributed by atoms with Crippen LogP contribution in [0.1, 0.15) is 19.5 Å². The first kappa shape index (κ1) is 15.4. The van der Waals surface area contributed by atoms with Crippen LogP contribution < -0.4 is 0 Å². The fourth-order valence-corrected chi connectivity index (χ4v) is 3.03. The zero-order valence-corrected chi connectivity index (χ0v) is 13.7. The van der Waals surface area contributed by atoms with Crippen molar-refractivity contribution in [1.29, 1.82) is 0 Å². The molecule has 7 heteroatoms. The summed E-state index contributed by atoms with van der Waals surface area (Å²) in [6.07, 6.45) is 0.444. The van der Waals surface area contributed by atoms with Gasteiger partial charge in [0, 0.05) is 8.96 Å². The fraction of sp³-hybridized carbons (Fsp3) is 0.308. The second kappa shape index (κ2) is 5.77. The molecule has 2 aromatic rings. The second-order valence-electron chi connectivity index (χ2n) is 4.86. The van der Waals surface area contributed by atoms with Crippen LogP contribution in [0.3, 0.4) is 0 Å². The highest BCUT2D eigenvalue weighted by atomic mass is 127. The number of hydrogen-bond donors (Lipinski definition) is 0. The number of nitrogens with zero attached hydrogens (tertiary/aromatic N) is 2. The van der Waals surface area contributed by atoms with Gasteiger partial charge < -0.3 is 0 Å². The minimum Gasteiger partial charge on any atom is -0.258 e. The lowest BCUT2D eigenvalue weighted by atomic mass is 10.0. The summed E-state index contributed by atoms with van der Waals surface area (Å²) in [6.45, 7) is 3.89. The van der Waals surface area contributed by atoms with Crippen LogP contribution in [0.4, 0.5) is 10.1 Å². The van der Waals surface area contributed by atoms with Crippen LogP contribution in [0.2, 0.25) is 5.02 Å². The van der Waals surface area contributed by atoms with Gasteiger partial charge in [0.05, 0.1) is 10.4 Å². The summed E-state index contributed by atoms with van der Waals surface area (Å²) in [5.74, 6) is -0.288. The molecule has 20 heavy (non-hydrogen) atoms.